The van der Waals surface area contributed by atoms with Gasteiger partial charge in [-0.15, -0.1) is 0 Å². The monoisotopic (exact) mass is 248 g/mol. The van der Waals surface area contributed by atoms with E-state index in [1.54, 1.807) is 10.8 Å². The van der Waals surface area contributed by atoms with Crippen LogP contribution in [0.3, 0.4) is 0 Å². The lowest BCUT2D eigenvalue weighted by molar-refractivity contribution is -0.137. The number of hydrogen-bond acceptors (Lipinski definition) is 3. The Balaban J connectivity index is 2.43. The van der Waals surface area contributed by atoms with Gasteiger partial charge in [0.2, 0.25) is 0 Å². The number of aliphatic hydroxyl groups excluding tert-OH is 1. The standard InChI is InChI=1S/C13H16N2O3/c14-10(8-16)5-9-6-15(7-13(17)18)12-4-2-1-3-11(9)12/h1-4,6,10,16H,5,7-8,14H2,(H,17,18). The van der Waals surface area contributed by atoms with Crippen LogP contribution in [0.4, 0.5) is 0 Å². The molecule has 1 unspecified atom stereocenters. The first kappa shape index (κ1) is 12.6. The van der Waals surface area contributed by atoms with Crippen molar-refractivity contribution in [1.82, 2.24) is 4.57 Å². The maximum absolute atomic E-state index is 10.8. The Morgan fingerprint density at radius 1 is 1.39 bits per heavy atom. The van der Waals surface area contributed by atoms with Crippen LogP contribution in [0.2, 0.25) is 0 Å². The number of nitrogens with zero attached hydrogens (tertiary/aromatic N) is 1. The Kier molecular flexibility index (Phi) is 3.64. The summed E-state index contributed by atoms with van der Waals surface area (Å²) in [6.45, 7) is -0.159. The Morgan fingerprint density at radius 3 is 2.78 bits per heavy atom. The molecule has 5 nitrogen and oxygen atoms in total. The Labute approximate surface area is 104 Å². The second-order valence-corrected chi connectivity index (χ2v) is 4.34. The predicted molar refractivity (Wildman–Crippen MR) is 68.3 cm³/mol. The van der Waals surface area contributed by atoms with E-state index in [-0.39, 0.29) is 19.2 Å². The van der Waals surface area contributed by atoms with Crippen LogP contribution >= 0.6 is 0 Å². The van der Waals surface area contributed by atoms with E-state index in [1.807, 2.05) is 24.3 Å². The highest BCUT2D eigenvalue weighted by molar-refractivity contribution is 5.85. The van der Waals surface area contributed by atoms with Gasteiger partial charge in [-0.05, 0) is 18.1 Å². The van der Waals surface area contributed by atoms with Gasteiger partial charge in [-0.2, -0.15) is 0 Å². The molecule has 1 aromatic heterocycles. The van der Waals surface area contributed by atoms with Crippen LogP contribution < -0.4 is 5.73 Å². The average molecular weight is 248 g/mol. The second kappa shape index (κ2) is 5.20. The molecular weight excluding hydrogens is 232 g/mol. The molecule has 18 heavy (non-hydrogen) atoms. The van der Waals surface area contributed by atoms with Gasteiger partial charge in [-0.1, -0.05) is 18.2 Å². The van der Waals surface area contributed by atoms with Crippen molar-refractivity contribution >= 4 is 16.9 Å². The van der Waals surface area contributed by atoms with Gasteiger partial charge >= 0.3 is 5.97 Å². The Morgan fingerprint density at radius 2 is 2.11 bits per heavy atom. The van der Waals surface area contributed by atoms with Crippen LogP contribution in [0, 0.1) is 0 Å². The number of fused-ring (bicyclic) bond motifs is 1. The molecule has 4 N–H and O–H groups in total. The van der Waals surface area contributed by atoms with E-state index in [1.165, 1.54) is 0 Å². The van der Waals surface area contributed by atoms with Crippen LogP contribution in [-0.2, 0) is 17.8 Å². The van der Waals surface area contributed by atoms with Crippen LogP contribution in [0.1, 0.15) is 5.56 Å². The van der Waals surface area contributed by atoms with Crippen LogP contribution in [0.25, 0.3) is 10.9 Å². The van der Waals surface area contributed by atoms with Crippen molar-refractivity contribution in [1.29, 1.82) is 0 Å². The molecule has 1 aromatic carbocycles. The minimum absolute atomic E-state index is 0.0745. The van der Waals surface area contributed by atoms with Crippen molar-refractivity contribution in [3.63, 3.8) is 0 Å². The molecule has 96 valence electrons. The molecule has 5 heteroatoms. The van der Waals surface area contributed by atoms with Crippen molar-refractivity contribution in [2.24, 2.45) is 5.73 Å². The Bertz CT molecular complexity index is 562. The number of aromatic nitrogens is 1. The van der Waals surface area contributed by atoms with Crippen molar-refractivity contribution in [2.75, 3.05) is 6.61 Å². The molecule has 0 aliphatic carbocycles. The summed E-state index contributed by atoms with van der Waals surface area (Å²) in [5.74, 6) is -0.881. The minimum atomic E-state index is -0.881. The zero-order valence-corrected chi connectivity index (χ0v) is 9.91. The van der Waals surface area contributed by atoms with Gasteiger partial charge in [0.05, 0.1) is 6.61 Å². The molecule has 0 fully saturated rings. The lowest BCUT2D eigenvalue weighted by Gasteiger charge is -2.06. The number of nitrogens with two attached hydrogens (primary N) is 1. The van der Waals surface area contributed by atoms with E-state index in [9.17, 15) is 4.79 Å². The maximum atomic E-state index is 10.8. The fourth-order valence-corrected chi connectivity index (χ4v) is 2.11. The third kappa shape index (κ3) is 2.52. The number of aliphatic carboxylic acids is 1. The lowest BCUT2D eigenvalue weighted by Crippen LogP contribution is -2.26. The van der Waals surface area contributed by atoms with Crippen LogP contribution in [0.5, 0.6) is 0 Å². The fraction of sp³-hybridized carbons (Fsp3) is 0.308. The van der Waals surface area contributed by atoms with E-state index in [4.69, 9.17) is 15.9 Å². The third-order valence-electron chi connectivity index (χ3n) is 2.89. The van der Waals surface area contributed by atoms with Gasteiger partial charge in [-0.25, -0.2) is 0 Å². The summed E-state index contributed by atoms with van der Waals surface area (Å²) in [7, 11) is 0. The second-order valence-electron chi connectivity index (χ2n) is 4.34. The lowest BCUT2D eigenvalue weighted by atomic mass is 10.1. The van der Waals surface area contributed by atoms with Crippen molar-refractivity contribution in [2.45, 2.75) is 19.0 Å². The van der Waals surface area contributed by atoms with Crippen molar-refractivity contribution in [3.8, 4) is 0 Å². The number of aliphatic hydroxyl groups is 1. The van der Waals surface area contributed by atoms with E-state index >= 15 is 0 Å². The van der Waals surface area contributed by atoms with Gasteiger partial charge in [0, 0.05) is 23.1 Å². The number of carbonyl (C=O) groups is 1. The summed E-state index contributed by atoms with van der Waals surface area (Å²) >= 11 is 0. The molecule has 2 rings (SSSR count). The Hall–Kier alpha value is -1.85. The zero-order chi connectivity index (χ0) is 13.1. The normalized spacial score (nSPS) is 12.8. The smallest absolute Gasteiger partial charge is 0.323 e. The molecule has 0 amide bonds. The van der Waals surface area contributed by atoms with Crippen molar-refractivity contribution in [3.05, 3.63) is 36.0 Å². The number of para-hydroxylation sites is 1. The number of benzene rings is 1. The van der Waals surface area contributed by atoms with E-state index in [0.717, 1.165) is 16.5 Å². The summed E-state index contributed by atoms with van der Waals surface area (Å²) in [6, 6.07) is 7.27. The molecule has 1 heterocycles. The summed E-state index contributed by atoms with van der Waals surface area (Å²) in [4.78, 5) is 10.8. The average Bonchev–Trinajstić information content (AvgIpc) is 2.67. The predicted octanol–water partition coefficient (Wildman–Crippen LogP) is 0.588. The van der Waals surface area contributed by atoms with Gasteiger partial charge in [-0.3, -0.25) is 4.79 Å². The van der Waals surface area contributed by atoms with Crippen LogP contribution in [0.15, 0.2) is 30.5 Å². The highest BCUT2D eigenvalue weighted by Gasteiger charge is 2.12. The zero-order valence-electron chi connectivity index (χ0n) is 9.91. The molecule has 0 saturated carbocycles. The van der Waals surface area contributed by atoms with Crippen LogP contribution in [-0.4, -0.2) is 33.4 Å². The highest BCUT2D eigenvalue weighted by atomic mass is 16.4. The van der Waals surface area contributed by atoms with Gasteiger partial charge in [0.1, 0.15) is 6.54 Å². The van der Waals surface area contributed by atoms with E-state index in [2.05, 4.69) is 0 Å². The van der Waals surface area contributed by atoms with Gasteiger partial charge in [0.25, 0.3) is 0 Å². The topological polar surface area (TPSA) is 88.5 Å². The van der Waals surface area contributed by atoms with E-state index < -0.39 is 5.97 Å². The SMILES string of the molecule is NC(CO)Cc1cn(CC(=O)O)c2ccccc12. The molecule has 0 aliphatic heterocycles. The molecule has 0 radical (unpaired) electrons. The molecular formula is C13H16N2O3. The highest BCUT2D eigenvalue weighted by Crippen LogP contribution is 2.22. The van der Waals surface area contributed by atoms with Gasteiger partial charge in [0.15, 0.2) is 0 Å². The summed E-state index contributed by atoms with van der Waals surface area (Å²) < 4.78 is 1.69. The first-order chi connectivity index (χ1) is 8.61. The fourth-order valence-electron chi connectivity index (χ4n) is 2.11. The van der Waals surface area contributed by atoms with Crippen molar-refractivity contribution < 1.29 is 15.0 Å². The molecule has 0 saturated heterocycles. The largest absolute Gasteiger partial charge is 0.480 e. The number of rotatable bonds is 5. The first-order valence-electron chi connectivity index (χ1n) is 5.76. The number of carboxylic acid groups (broad SMARTS) is 1. The summed E-state index contributed by atoms with van der Waals surface area (Å²) in [5, 5.41) is 18.9. The number of carboxylic acids is 1. The molecule has 0 spiro atoms. The molecule has 2 aromatic rings. The van der Waals surface area contributed by atoms with Gasteiger partial charge < -0.3 is 20.5 Å². The third-order valence-corrected chi connectivity index (χ3v) is 2.89. The molecule has 0 aliphatic rings. The minimum Gasteiger partial charge on any atom is -0.480 e. The molecule has 1 atom stereocenters. The molecule has 0 bridgehead atoms. The maximum Gasteiger partial charge on any atom is 0.323 e. The summed E-state index contributed by atoms with van der Waals surface area (Å²) in [5.41, 5.74) is 7.57. The number of hydrogen-bond donors (Lipinski definition) is 3. The van der Waals surface area contributed by atoms with E-state index in [0.29, 0.717) is 6.42 Å². The first-order valence-corrected chi connectivity index (χ1v) is 5.76. The quantitative estimate of drug-likeness (QED) is 0.722. The summed E-state index contributed by atoms with van der Waals surface area (Å²) in [6.07, 6.45) is 2.33.